The fourth-order valence-electron chi connectivity index (χ4n) is 2.53. The van der Waals surface area contributed by atoms with Crippen LogP contribution in [-0.2, 0) is 13.0 Å². The first-order valence-corrected chi connectivity index (χ1v) is 5.75. The highest BCUT2D eigenvalue weighted by molar-refractivity contribution is 5.63. The van der Waals surface area contributed by atoms with E-state index in [1.165, 1.54) is 5.56 Å². The Morgan fingerprint density at radius 1 is 0.882 bits per heavy atom. The van der Waals surface area contributed by atoms with E-state index in [-0.39, 0.29) is 0 Å². The topological polar surface area (TPSA) is 39.7 Å². The van der Waals surface area contributed by atoms with Gasteiger partial charge in [-0.3, -0.25) is 0 Å². The summed E-state index contributed by atoms with van der Waals surface area (Å²) in [7, 11) is 5.04. The van der Waals surface area contributed by atoms with Gasteiger partial charge in [-0.15, -0.1) is 0 Å². The number of ether oxygens (including phenoxy) is 3. The lowest BCUT2D eigenvalue weighted by Gasteiger charge is -2.25. The van der Waals surface area contributed by atoms with Gasteiger partial charge in [0.2, 0.25) is 0 Å². The molecule has 2 rings (SSSR count). The largest absolute Gasteiger partial charge is 0.496 e. The van der Waals surface area contributed by atoms with Crippen molar-refractivity contribution in [3.8, 4) is 17.2 Å². The zero-order chi connectivity index (χ0) is 12.4. The monoisotopic (exact) mass is 237 g/mol. The Morgan fingerprint density at radius 2 is 1.53 bits per heavy atom. The molecule has 4 heteroatoms. The lowest BCUT2D eigenvalue weighted by molar-refractivity contribution is 0.337. The Bertz CT molecular complexity index is 404. The average Bonchev–Trinajstić information content (AvgIpc) is 2.37. The van der Waals surface area contributed by atoms with Crippen LogP contribution >= 0.6 is 0 Å². The van der Waals surface area contributed by atoms with Crippen LogP contribution in [0.2, 0.25) is 0 Å². The van der Waals surface area contributed by atoms with E-state index < -0.39 is 0 Å². The van der Waals surface area contributed by atoms with E-state index in [1.54, 1.807) is 21.3 Å². The molecule has 0 fully saturated rings. The van der Waals surface area contributed by atoms with Gasteiger partial charge >= 0.3 is 0 Å². The van der Waals surface area contributed by atoms with Gasteiger partial charge in [-0.25, -0.2) is 0 Å². The molecular weight excluding hydrogens is 218 g/mol. The van der Waals surface area contributed by atoms with Crippen LogP contribution < -0.4 is 19.5 Å². The summed E-state index contributed by atoms with van der Waals surface area (Å²) in [5.41, 5.74) is 3.40. The quantitative estimate of drug-likeness (QED) is 0.868. The van der Waals surface area contributed by atoms with Gasteiger partial charge in [-0.05, 0) is 19.9 Å². The third-order valence-electron chi connectivity index (χ3n) is 3.27. The van der Waals surface area contributed by atoms with Gasteiger partial charge in [-0.1, -0.05) is 0 Å². The number of benzene rings is 1. The van der Waals surface area contributed by atoms with E-state index in [0.29, 0.717) is 0 Å². The number of nitrogens with one attached hydrogen (secondary N) is 1. The summed E-state index contributed by atoms with van der Waals surface area (Å²) in [4.78, 5) is 0. The van der Waals surface area contributed by atoms with Crippen molar-refractivity contribution in [3.05, 3.63) is 16.7 Å². The molecule has 1 aromatic carbocycles. The van der Waals surface area contributed by atoms with Crippen molar-refractivity contribution in [1.82, 2.24) is 5.32 Å². The predicted molar refractivity (Wildman–Crippen MR) is 66.2 cm³/mol. The summed E-state index contributed by atoms with van der Waals surface area (Å²) in [5, 5.41) is 3.35. The molecule has 0 saturated carbocycles. The molecule has 1 N–H and O–H groups in total. The van der Waals surface area contributed by atoms with Crippen LogP contribution in [0, 0.1) is 6.92 Å². The minimum Gasteiger partial charge on any atom is -0.496 e. The number of methoxy groups -OCH3 is 3. The van der Waals surface area contributed by atoms with Gasteiger partial charge in [0.15, 0.2) is 11.5 Å². The van der Waals surface area contributed by atoms with Gasteiger partial charge in [0, 0.05) is 23.2 Å². The first kappa shape index (κ1) is 12.0. The molecule has 94 valence electrons. The summed E-state index contributed by atoms with van der Waals surface area (Å²) in [5.74, 6) is 2.53. The Hall–Kier alpha value is -1.42. The molecule has 4 nitrogen and oxygen atoms in total. The van der Waals surface area contributed by atoms with E-state index in [0.717, 1.165) is 47.9 Å². The molecule has 0 saturated heterocycles. The second-order valence-electron chi connectivity index (χ2n) is 4.11. The third kappa shape index (κ3) is 1.82. The third-order valence-corrected chi connectivity index (χ3v) is 3.27. The lowest BCUT2D eigenvalue weighted by Crippen LogP contribution is -2.25. The van der Waals surface area contributed by atoms with Crippen LogP contribution in [0.25, 0.3) is 0 Å². The standard InChI is InChI=1S/C13H19NO3/c1-8-11(15-2)9-5-6-14-7-10(9)13(17-4)12(8)16-3/h14H,5-7H2,1-4H3. The molecule has 0 spiro atoms. The van der Waals surface area contributed by atoms with Crippen molar-refractivity contribution in [1.29, 1.82) is 0 Å². The molecule has 1 aliphatic heterocycles. The molecular formula is C13H19NO3. The highest BCUT2D eigenvalue weighted by Crippen LogP contribution is 2.44. The number of hydrogen-bond donors (Lipinski definition) is 1. The molecule has 0 atom stereocenters. The normalized spacial score (nSPS) is 14.1. The van der Waals surface area contributed by atoms with Crippen LogP contribution in [0.3, 0.4) is 0 Å². The van der Waals surface area contributed by atoms with Crippen molar-refractivity contribution in [2.75, 3.05) is 27.9 Å². The van der Waals surface area contributed by atoms with E-state index in [9.17, 15) is 0 Å². The second-order valence-corrected chi connectivity index (χ2v) is 4.11. The first-order valence-electron chi connectivity index (χ1n) is 5.75. The average molecular weight is 237 g/mol. The Kier molecular flexibility index (Phi) is 3.43. The zero-order valence-corrected chi connectivity index (χ0v) is 10.8. The minimum atomic E-state index is 0.770. The van der Waals surface area contributed by atoms with Crippen LogP contribution in [0.1, 0.15) is 16.7 Å². The molecule has 0 unspecified atom stereocenters. The lowest BCUT2D eigenvalue weighted by atomic mass is 9.95. The van der Waals surface area contributed by atoms with Crippen molar-refractivity contribution < 1.29 is 14.2 Å². The summed E-state index contributed by atoms with van der Waals surface area (Å²) >= 11 is 0. The van der Waals surface area contributed by atoms with Crippen LogP contribution in [0.15, 0.2) is 0 Å². The SMILES string of the molecule is COc1c(C)c(OC)c(OC)c2c1CCNC2. The molecule has 0 bridgehead atoms. The van der Waals surface area contributed by atoms with E-state index in [2.05, 4.69) is 5.32 Å². The van der Waals surface area contributed by atoms with Crippen LogP contribution in [-0.4, -0.2) is 27.9 Å². The molecule has 1 aromatic rings. The summed E-state index contributed by atoms with van der Waals surface area (Å²) in [6.45, 7) is 3.77. The van der Waals surface area contributed by atoms with E-state index in [4.69, 9.17) is 14.2 Å². The summed E-state index contributed by atoms with van der Waals surface area (Å²) < 4.78 is 16.5. The van der Waals surface area contributed by atoms with Gasteiger partial charge in [0.05, 0.1) is 21.3 Å². The summed E-state index contributed by atoms with van der Waals surface area (Å²) in [6.07, 6.45) is 0.958. The van der Waals surface area contributed by atoms with Gasteiger partial charge in [0.25, 0.3) is 0 Å². The van der Waals surface area contributed by atoms with Crippen molar-refractivity contribution in [2.45, 2.75) is 19.9 Å². The van der Waals surface area contributed by atoms with Crippen molar-refractivity contribution >= 4 is 0 Å². The molecule has 0 aromatic heterocycles. The maximum Gasteiger partial charge on any atom is 0.167 e. The number of fused-ring (bicyclic) bond motifs is 1. The van der Waals surface area contributed by atoms with E-state index >= 15 is 0 Å². The molecule has 0 amide bonds. The maximum absolute atomic E-state index is 5.52. The summed E-state index contributed by atoms with van der Waals surface area (Å²) in [6, 6.07) is 0. The fourth-order valence-corrected chi connectivity index (χ4v) is 2.53. The molecule has 17 heavy (non-hydrogen) atoms. The Labute approximate surface area is 102 Å². The van der Waals surface area contributed by atoms with Crippen molar-refractivity contribution in [3.63, 3.8) is 0 Å². The highest BCUT2D eigenvalue weighted by Gasteiger charge is 2.25. The second kappa shape index (κ2) is 4.84. The van der Waals surface area contributed by atoms with Gasteiger partial charge < -0.3 is 19.5 Å². The van der Waals surface area contributed by atoms with Crippen molar-refractivity contribution in [2.24, 2.45) is 0 Å². The molecule has 0 aliphatic carbocycles. The smallest absolute Gasteiger partial charge is 0.167 e. The van der Waals surface area contributed by atoms with Gasteiger partial charge in [0.1, 0.15) is 5.75 Å². The van der Waals surface area contributed by atoms with Gasteiger partial charge in [-0.2, -0.15) is 0 Å². The van der Waals surface area contributed by atoms with E-state index in [1.807, 2.05) is 6.92 Å². The Balaban J connectivity index is 2.71. The first-order chi connectivity index (χ1) is 8.24. The maximum atomic E-state index is 5.52. The molecule has 1 aliphatic rings. The zero-order valence-electron chi connectivity index (χ0n) is 10.8. The number of rotatable bonds is 3. The Morgan fingerprint density at radius 3 is 2.12 bits per heavy atom. The predicted octanol–water partition coefficient (Wildman–Crippen LogP) is 1.67. The van der Waals surface area contributed by atoms with Crippen LogP contribution in [0.4, 0.5) is 0 Å². The highest BCUT2D eigenvalue weighted by atomic mass is 16.5. The molecule has 1 heterocycles. The molecule has 0 radical (unpaired) electrons. The minimum absolute atomic E-state index is 0.770. The van der Waals surface area contributed by atoms with Crippen LogP contribution in [0.5, 0.6) is 17.2 Å². The fraction of sp³-hybridized carbons (Fsp3) is 0.538. The number of hydrogen-bond acceptors (Lipinski definition) is 4.